The zero-order chi connectivity index (χ0) is 32.3. The highest BCUT2D eigenvalue weighted by atomic mass is 19.1. The van der Waals surface area contributed by atoms with Crippen molar-refractivity contribution in [2.75, 3.05) is 19.6 Å². The normalized spacial score (nSPS) is 17.6. The first-order valence-electron chi connectivity index (χ1n) is 15.3. The van der Waals surface area contributed by atoms with Crippen LogP contribution in [0.1, 0.15) is 62.4 Å². The summed E-state index contributed by atoms with van der Waals surface area (Å²) in [5.74, 6) is -1.29. The molecule has 2 aliphatic heterocycles. The molecule has 0 spiro atoms. The number of alkyl carbamates (subject to hydrolysis) is 1. The summed E-state index contributed by atoms with van der Waals surface area (Å²) in [6.07, 6.45) is -0.971. The average molecular weight is 619 g/mol. The first-order chi connectivity index (χ1) is 21.4. The molecule has 10 heteroatoms. The molecule has 0 saturated carbocycles. The molecule has 1 N–H and O–H groups in total. The van der Waals surface area contributed by atoms with Crippen molar-refractivity contribution in [1.82, 2.24) is 20.0 Å². The Bertz CT molecular complexity index is 1450. The average Bonchev–Trinajstić information content (AvgIpc) is 3.42. The summed E-state index contributed by atoms with van der Waals surface area (Å²) in [7, 11) is 0. The Morgan fingerprint density at radius 3 is 1.87 bits per heavy atom. The van der Waals surface area contributed by atoms with E-state index in [2.05, 4.69) is 10.2 Å². The lowest BCUT2D eigenvalue weighted by Crippen LogP contribution is -2.56. The summed E-state index contributed by atoms with van der Waals surface area (Å²) in [6, 6.07) is 18.8. The lowest BCUT2D eigenvalue weighted by Gasteiger charge is -2.44. The van der Waals surface area contributed by atoms with E-state index in [9.17, 15) is 23.2 Å². The molecule has 3 aromatic rings. The second kappa shape index (κ2) is 13.4. The van der Waals surface area contributed by atoms with Crippen molar-refractivity contribution in [2.24, 2.45) is 0 Å². The van der Waals surface area contributed by atoms with E-state index in [1.807, 2.05) is 31.2 Å². The van der Waals surface area contributed by atoms with Gasteiger partial charge in [-0.2, -0.15) is 0 Å². The predicted molar refractivity (Wildman–Crippen MR) is 166 cm³/mol. The Morgan fingerprint density at radius 1 is 0.844 bits per heavy atom. The van der Waals surface area contributed by atoms with E-state index < -0.39 is 17.7 Å². The largest absolute Gasteiger partial charge is 0.444 e. The van der Waals surface area contributed by atoms with Crippen molar-refractivity contribution in [3.63, 3.8) is 0 Å². The first-order valence-corrected chi connectivity index (χ1v) is 15.3. The second-order valence-corrected chi connectivity index (χ2v) is 12.8. The molecular formula is C35H40F2N4O4. The maximum atomic E-state index is 13.8. The number of amides is 3. The smallest absolute Gasteiger partial charge is 0.408 e. The van der Waals surface area contributed by atoms with Gasteiger partial charge < -0.3 is 19.9 Å². The topological polar surface area (TPSA) is 82.2 Å². The van der Waals surface area contributed by atoms with Crippen LogP contribution in [-0.4, -0.2) is 69.9 Å². The summed E-state index contributed by atoms with van der Waals surface area (Å²) in [5, 5.41) is 2.67. The lowest BCUT2D eigenvalue weighted by atomic mass is 9.94. The number of fused-ring (bicyclic) bond motifs is 1. The minimum atomic E-state index is -1.10. The van der Waals surface area contributed by atoms with Crippen molar-refractivity contribution in [1.29, 1.82) is 0 Å². The van der Waals surface area contributed by atoms with E-state index in [0.717, 1.165) is 22.3 Å². The van der Waals surface area contributed by atoms with Crippen LogP contribution in [0.2, 0.25) is 0 Å². The summed E-state index contributed by atoms with van der Waals surface area (Å²) in [5.41, 5.74) is 3.01. The molecule has 8 nitrogen and oxygen atoms in total. The molecule has 0 bridgehead atoms. The van der Waals surface area contributed by atoms with E-state index in [1.165, 1.54) is 24.3 Å². The fourth-order valence-corrected chi connectivity index (χ4v) is 6.11. The van der Waals surface area contributed by atoms with Crippen molar-refractivity contribution in [3.8, 4) is 0 Å². The van der Waals surface area contributed by atoms with Crippen molar-refractivity contribution < 1.29 is 27.9 Å². The number of nitrogens with one attached hydrogen (secondary N) is 1. The van der Waals surface area contributed by atoms with Gasteiger partial charge in [-0.3, -0.25) is 14.5 Å². The van der Waals surface area contributed by atoms with Crippen LogP contribution in [-0.2, 0) is 27.4 Å². The van der Waals surface area contributed by atoms with E-state index in [1.54, 1.807) is 54.8 Å². The number of piperazine rings is 1. The summed E-state index contributed by atoms with van der Waals surface area (Å²) >= 11 is 0. The third-order valence-electron chi connectivity index (χ3n) is 8.25. The van der Waals surface area contributed by atoms with Crippen molar-refractivity contribution >= 4 is 17.9 Å². The monoisotopic (exact) mass is 618 g/mol. The maximum Gasteiger partial charge on any atom is 0.408 e. The number of ether oxygens (including phenoxy) is 1. The van der Waals surface area contributed by atoms with Gasteiger partial charge in [0.25, 0.3) is 0 Å². The van der Waals surface area contributed by atoms with Gasteiger partial charge in [0.2, 0.25) is 11.8 Å². The first kappa shape index (κ1) is 32.1. The van der Waals surface area contributed by atoms with Gasteiger partial charge in [0.15, 0.2) is 0 Å². The summed E-state index contributed by atoms with van der Waals surface area (Å²) in [4.78, 5) is 45.8. The second-order valence-electron chi connectivity index (χ2n) is 12.8. The minimum Gasteiger partial charge on any atom is -0.444 e. The van der Waals surface area contributed by atoms with Gasteiger partial charge in [-0.05, 0) is 74.2 Å². The van der Waals surface area contributed by atoms with Gasteiger partial charge in [0.1, 0.15) is 23.3 Å². The van der Waals surface area contributed by atoms with Gasteiger partial charge in [-0.25, -0.2) is 13.6 Å². The number of hydrogen-bond acceptors (Lipinski definition) is 5. The van der Waals surface area contributed by atoms with Crippen molar-refractivity contribution in [2.45, 2.75) is 70.9 Å². The van der Waals surface area contributed by atoms with Crippen LogP contribution in [0.5, 0.6) is 0 Å². The fourth-order valence-electron chi connectivity index (χ4n) is 6.11. The van der Waals surface area contributed by atoms with Crippen LogP contribution in [0.3, 0.4) is 0 Å². The molecule has 3 amide bonds. The Morgan fingerprint density at radius 2 is 1.38 bits per heavy atom. The Hall–Kier alpha value is -4.31. The Labute approximate surface area is 262 Å². The van der Waals surface area contributed by atoms with Gasteiger partial charge in [0, 0.05) is 38.8 Å². The molecule has 45 heavy (non-hydrogen) atoms. The van der Waals surface area contributed by atoms with E-state index in [0.29, 0.717) is 32.7 Å². The van der Waals surface area contributed by atoms with Crippen LogP contribution in [0.25, 0.3) is 0 Å². The number of halogens is 2. The van der Waals surface area contributed by atoms with Crippen LogP contribution < -0.4 is 5.32 Å². The molecule has 1 fully saturated rings. The highest BCUT2D eigenvalue weighted by Crippen LogP contribution is 2.32. The van der Waals surface area contributed by atoms with Crippen LogP contribution in [0, 0.1) is 11.6 Å². The molecular weight excluding hydrogens is 578 g/mol. The third kappa shape index (κ3) is 7.86. The number of hydrogen-bond donors (Lipinski definition) is 1. The zero-order valence-corrected chi connectivity index (χ0v) is 26.1. The highest BCUT2D eigenvalue weighted by molar-refractivity contribution is 5.91. The van der Waals surface area contributed by atoms with Crippen LogP contribution in [0.15, 0.2) is 72.8 Å². The van der Waals surface area contributed by atoms with Gasteiger partial charge in [-0.15, -0.1) is 0 Å². The minimum absolute atomic E-state index is 0.121. The van der Waals surface area contributed by atoms with E-state index in [4.69, 9.17) is 4.74 Å². The van der Waals surface area contributed by atoms with E-state index >= 15 is 0 Å². The number of rotatable bonds is 7. The quantitative estimate of drug-likeness (QED) is 0.383. The van der Waals surface area contributed by atoms with E-state index in [-0.39, 0.29) is 42.0 Å². The molecule has 0 aromatic heterocycles. The number of carbonyl (C=O) groups is 3. The highest BCUT2D eigenvalue weighted by Gasteiger charge is 2.37. The van der Waals surface area contributed by atoms with Crippen LogP contribution >= 0.6 is 0 Å². The number of nitrogens with zero attached hydrogens (tertiary/aromatic N) is 3. The molecule has 5 rings (SSSR count). The lowest BCUT2D eigenvalue weighted by molar-refractivity contribution is -0.141. The Kier molecular flexibility index (Phi) is 9.53. The molecule has 2 atom stereocenters. The Balaban J connectivity index is 1.30. The number of benzene rings is 3. The standard InChI is InChI=1S/C35H40F2N4O4/c1-23-20-39(17-18-41(23)32(24-9-13-28(36)14-10-24)25-11-15-29(37)16-12-25)31(42)19-30(38-34(44)45-35(2,3)4)33(43)40-21-26-7-5-6-8-27(26)22-40/h5-16,23,30,32H,17-22H2,1-4H3,(H,38,44)/t23-,30-/m0/s1. The van der Waals surface area contributed by atoms with Gasteiger partial charge >= 0.3 is 6.09 Å². The molecule has 0 radical (unpaired) electrons. The maximum absolute atomic E-state index is 13.8. The van der Waals surface area contributed by atoms with Gasteiger partial charge in [0.05, 0.1) is 12.5 Å². The predicted octanol–water partition coefficient (Wildman–Crippen LogP) is 5.41. The summed E-state index contributed by atoms with van der Waals surface area (Å²) in [6.45, 7) is 9.26. The SMILES string of the molecule is C[C@H]1CN(C(=O)C[C@H](NC(=O)OC(C)(C)C)C(=O)N2Cc3ccccc3C2)CCN1C(c1ccc(F)cc1)c1ccc(F)cc1. The van der Waals surface area contributed by atoms with Gasteiger partial charge in [-0.1, -0.05) is 48.5 Å². The number of carbonyl (C=O) groups excluding carboxylic acids is 3. The summed E-state index contributed by atoms with van der Waals surface area (Å²) < 4.78 is 33.0. The molecule has 2 aliphatic rings. The molecule has 0 aliphatic carbocycles. The molecule has 2 heterocycles. The van der Waals surface area contributed by atoms with Crippen LogP contribution in [0.4, 0.5) is 13.6 Å². The fraction of sp³-hybridized carbons (Fsp3) is 0.400. The molecule has 0 unspecified atom stereocenters. The van der Waals surface area contributed by atoms with Crippen molar-refractivity contribution in [3.05, 3.63) is 107 Å². The molecule has 238 valence electrons. The molecule has 1 saturated heterocycles. The third-order valence-corrected chi connectivity index (χ3v) is 8.25. The zero-order valence-electron chi connectivity index (χ0n) is 26.1. The molecule has 3 aromatic carbocycles.